The average Bonchev–Trinajstić information content (AvgIpc) is 3.03. The Morgan fingerprint density at radius 1 is 1.18 bits per heavy atom. The van der Waals surface area contributed by atoms with Crippen molar-refractivity contribution in [3.63, 3.8) is 0 Å². The zero-order valence-corrected chi connectivity index (χ0v) is 13.2. The van der Waals surface area contributed by atoms with Crippen LogP contribution in [0.1, 0.15) is 37.4 Å². The molecule has 6 nitrogen and oxygen atoms in total. The van der Waals surface area contributed by atoms with Crippen LogP contribution in [-0.2, 0) is 0 Å². The van der Waals surface area contributed by atoms with Gasteiger partial charge in [-0.3, -0.25) is 4.79 Å². The van der Waals surface area contributed by atoms with Crippen molar-refractivity contribution in [2.24, 2.45) is 0 Å². The first kappa shape index (κ1) is 16.0. The zero-order chi connectivity index (χ0) is 15.9. The van der Waals surface area contributed by atoms with Crippen LogP contribution in [-0.4, -0.2) is 41.2 Å². The Hall–Kier alpha value is -2.37. The number of rotatable bonds is 7. The Labute approximate surface area is 130 Å². The van der Waals surface area contributed by atoms with Crippen LogP contribution in [0.25, 0.3) is 11.5 Å². The largest absolute Gasteiger partial charge is 0.496 e. The summed E-state index contributed by atoms with van der Waals surface area (Å²) in [6.45, 7) is 5.42. The molecule has 6 heteroatoms. The van der Waals surface area contributed by atoms with Gasteiger partial charge in [0.25, 0.3) is 5.89 Å². The van der Waals surface area contributed by atoms with Gasteiger partial charge in [0.15, 0.2) is 0 Å². The number of benzene rings is 1. The molecule has 118 valence electrons. The maximum absolute atomic E-state index is 12.4. The van der Waals surface area contributed by atoms with Crippen LogP contribution in [0.3, 0.4) is 0 Å². The average molecular weight is 303 g/mol. The Kier molecular flexibility index (Phi) is 5.52. The Morgan fingerprint density at radius 3 is 2.50 bits per heavy atom. The molecule has 0 unspecified atom stereocenters. The number of para-hydroxylation sites is 1. The summed E-state index contributed by atoms with van der Waals surface area (Å²) in [6, 6.07) is 7.33. The molecule has 1 heterocycles. The van der Waals surface area contributed by atoms with Gasteiger partial charge in [0.1, 0.15) is 5.75 Å². The SMILES string of the molecule is CCCN(CCC)C(=O)c1nnc(-c2ccccc2OC)o1. The molecule has 0 atom stereocenters. The van der Waals surface area contributed by atoms with E-state index in [2.05, 4.69) is 10.2 Å². The van der Waals surface area contributed by atoms with Gasteiger partial charge in [-0.1, -0.05) is 26.0 Å². The lowest BCUT2D eigenvalue weighted by Gasteiger charge is -2.18. The van der Waals surface area contributed by atoms with Gasteiger partial charge < -0.3 is 14.1 Å². The molecular formula is C16H21N3O3. The zero-order valence-electron chi connectivity index (χ0n) is 13.2. The van der Waals surface area contributed by atoms with Crippen molar-refractivity contribution in [2.75, 3.05) is 20.2 Å². The van der Waals surface area contributed by atoms with Crippen molar-refractivity contribution < 1.29 is 13.9 Å². The lowest BCUT2D eigenvalue weighted by Crippen LogP contribution is -2.32. The van der Waals surface area contributed by atoms with Crippen LogP contribution in [0, 0.1) is 0 Å². The van der Waals surface area contributed by atoms with Crippen LogP contribution >= 0.6 is 0 Å². The second kappa shape index (κ2) is 7.59. The van der Waals surface area contributed by atoms with E-state index >= 15 is 0 Å². The van der Waals surface area contributed by atoms with Crippen molar-refractivity contribution in [1.29, 1.82) is 0 Å². The number of amides is 1. The number of hydrogen-bond acceptors (Lipinski definition) is 5. The quantitative estimate of drug-likeness (QED) is 0.786. The minimum Gasteiger partial charge on any atom is -0.496 e. The Bertz CT molecular complexity index is 619. The maximum Gasteiger partial charge on any atom is 0.311 e. The topological polar surface area (TPSA) is 68.5 Å². The highest BCUT2D eigenvalue weighted by atomic mass is 16.5. The fourth-order valence-electron chi connectivity index (χ4n) is 2.23. The summed E-state index contributed by atoms with van der Waals surface area (Å²) in [5.41, 5.74) is 0.675. The first-order valence-electron chi connectivity index (χ1n) is 7.47. The van der Waals surface area contributed by atoms with Crippen LogP contribution < -0.4 is 4.74 Å². The molecule has 22 heavy (non-hydrogen) atoms. The fraction of sp³-hybridized carbons (Fsp3) is 0.438. The molecule has 2 rings (SSSR count). The molecule has 0 fully saturated rings. The highest BCUT2D eigenvalue weighted by Crippen LogP contribution is 2.28. The molecule has 0 saturated heterocycles. The first-order chi connectivity index (χ1) is 10.7. The van der Waals surface area contributed by atoms with E-state index in [4.69, 9.17) is 9.15 Å². The van der Waals surface area contributed by atoms with Crippen molar-refractivity contribution in [3.8, 4) is 17.2 Å². The van der Waals surface area contributed by atoms with E-state index in [1.165, 1.54) is 0 Å². The summed E-state index contributed by atoms with van der Waals surface area (Å²) in [7, 11) is 1.57. The number of ether oxygens (including phenoxy) is 1. The predicted molar refractivity (Wildman–Crippen MR) is 82.8 cm³/mol. The fourth-order valence-corrected chi connectivity index (χ4v) is 2.23. The third-order valence-corrected chi connectivity index (χ3v) is 3.22. The second-order valence-electron chi connectivity index (χ2n) is 4.90. The van der Waals surface area contributed by atoms with E-state index in [0.29, 0.717) is 24.4 Å². The van der Waals surface area contributed by atoms with Gasteiger partial charge in [0.05, 0.1) is 12.7 Å². The first-order valence-corrected chi connectivity index (χ1v) is 7.47. The lowest BCUT2D eigenvalue weighted by atomic mass is 10.2. The van der Waals surface area contributed by atoms with Crippen molar-refractivity contribution in [3.05, 3.63) is 30.2 Å². The second-order valence-corrected chi connectivity index (χ2v) is 4.90. The standard InChI is InChI=1S/C16H21N3O3/c1-4-10-19(11-5-2)16(20)15-18-17-14(22-15)12-8-6-7-9-13(12)21-3/h6-9H,4-5,10-11H2,1-3H3. The van der Waals surface area contributed by atoms with E-state index in [1.54, 1.807) is 12.0 Å². The summed E-state index contributed by atoms with van der Waals surface area (Å²) >= 11 is 0. The Morgan fingerprint density at radius 2 is 1.86 bits per heavy atom. The normalized spacial score (nSPS) is 10.5. The number of carbonyl (C=O) groups is 1. The van der Waals surface area contributed by atoms with Gasteiger partial charge in [0, 0.05) is 13.1 Å². The summed E-state index contributed by atoms with van der Waals surface area (Å²) in [4.78, 5) is 14.2. The van der Waals surface area contributed by atoms with Crippen molar-refractivity contribution >= 4 is 5.91 Å². The number of nitrogens with zero attached hydrogens (tertiary/aromatic N) is 3. The molecule has 0 saturated carbocycles. The highest BCUT2D eigenvalue weighted by Gasteiger charge is 2.22. The van der Waals surface area contributed by atoms with E-state index in [0.717, 1.165) is 12.8 Å². The molecule has 0 aliphatic carbocycles. The summed E-state index contributed by atoms with van der Waals surface area (Å²) in [5, 5.41) is 7.86. The minimum atomic E-state index is -0.225. The van der Waals surface area contributed by atoms with E-state index < -0.39 is 0 Å². The minimum absolute atomic E-state index is 0.0165. The molecular weight excluding hydrogens is 282 g/mol. The van der Waals surface area contributed by atoms with Crippen molar-refractivity contribution in [2.45, 2.75) is 26.7 Å². The van der Waals surface area contributed by atoms with Gasteiger partial charge >= 0.3 is 11.8 Å². The molecule has 0 aliphatic heterocycles. The summed E-state index contributed by atoms with van der Waals surface area (Å²) in [6.07, 6.45) is 1.78. The number of aromatic nitrogens is 2. The Balaban J connectivity index is 2.25. The van der Waals surface area contributed by atoms with Crippen LogP contribution in [0.15, 0.2) is 28.7 Å². The maximum atomic E-state index is 12.4. The number of carbonyl (C=O) groups excluding carboxylic acids is 1. The molecule has 1 amide bonds. The summed E-state index contributed by atoms with van der Waals surface area (Å²) < 4.78 is 10.8. The number of hydrogen-bond donors (Lipinski definition) is 0. The summed E-state index contributed by atoms with van der Waals surface area (Å²) in [5.74, 6) is 0.707. The molecule has 1 aromatic carbocycles. The molecule has 0 spiro atoms. The molecule has 0 N–H and O–H groups in total. The van der Waals surface area contributed by atoms with E-state index in [-0.39, 0.29) is 17.7 Å². The predicted octanol–water partition coefficient (Wildman–Crippen LogP) is 3.01. The molecule has 0 bridgehead atoms. The van der Waals surface area contributed by atoms with Crippen molar-refractivity contribution in [1.82, 2.24) is 15.1 Å². The monoisotopic (exact) mass is 303 g/mol. The van der Waals surface area contributed by atoms with Crippen LogP contribution in [0.2, 0.25) is 0 Å². The molecule has 2 aromatic rings. The molecule has 1 aromatic heterocycles. The lowest BCUT2D eigenvalue weighted by molar-refractivity contribution is 0.0716. The van der Waals surface area contributed by atoms with Crippen LogP contribution in [0.5, 0.6) is 5.75 Å². The third kappa shape index (κ3) is 3.44. The van der Waals surface area contributed by atoms with Crippen LogP contribution in [0.4, 0.5) is 0 Å². The number of methoxy groups -OCH3 is 1. The van der Waals surface area contributed by atoms with Gasteiger partial charge in [0.2, 0.25) is 0 Å². The third-order valence-electron chi connectivity index (χ3n) is 3.22. The highest BCUT2D eigenvalue weighted by molar-refractivity contribution is 5.89. The van der Waals surface area contributed by atoms with Gasteiger partial charge in [-0.25, -0.2) is 0 Å². The smallest absolute Gasteiger partial charge is 0.311 e. The van der Waals surface area contributed by atoms with Gasteiger partial charge in [-0.05, 0) is 25.0 Å². The van der Waals surface area contributed by atoms with E-state index in [9.17, 15) is 4.79 Å². The van der Waals surface area contributed by atoms with Gasteiger partial charge in [-0.2, -0.15) is 0 Å². The van der Waals surface area contributed by atoms with Gasteiger partial charge in [-0.15, -0.1) is 10.2 Å². The van der Waals surface area contributed by atoms with E-state index in [1.807, 2.05) is 38.1 Å². The molecule has 0 radical (unpaired) electrons. The molecule has 0 aliphatic rings.